The maximum absolute atomic E-state index is 12.5. The summed E-state index contributed by atoms with van der Waals surface area (Å²) in [6, 6.07) is 12.3. The van der Waals surface area contributed by atoms with Crippen LogP contribution < -0.4 is 5.32 Å². The molecule has 1 amide bonds. The first-order valence-electron chi connectivity index (χ1n) is 8.37. The molecular weight excluding hydrogens is 340 g/mol. The topological polar surface area (TPSA) is 32.3 Å². The van der Waals surface area contributed by atoms with Crippen molar-refractivity contribution in [3.63, 3.8) is 0 Å². The fourth-order valence-corrected chi connectivity index (χ4v) is 4.09. The smallest absolute Gasteiger partial charge is 0.251 e. The first-order valence-corrected chi connectivity index (χ1v) is 9.25. The Morgan fingerprint density at radius 3 is 2.58 bits per heavy atom. The molecule has 2 heterocycles. The minimum atomic E-state index is 0. The van der Waals surface area contributed by atoms with E-state index in [9.17, 15) is 4.79 Å². The number of thiophene rings is 1. The molecule has 0 bridgehead atoms. The second-order valence-corrected chi connectivity index (χ2v) is 7.13. The highest BCUT2D eigenvalue weighted by Crippen LogP contribution is 2.27. The molecule has 1 saturated heterocycles. The number of piperidine rings is 1. The Morgan fingerprint density at radius 1 is 1.17 bits per heavy atom. The summed E-state index contributed by atoms with van der Waals surface area (Å²) >= 11 is 1.78. The van der Waals surface area contributed by atoms with Crippen molar-refractivity contribution in [3.8, 4) is 0 Å². The minimum absolute atomic E-state index is 0. The first kappa shape index (κ1) is 19.0. The molecular formula is C19H25ClN2OS. The third-order valence-electron chi connectivity index (χ3n) is 4.55. The van der Waals surface area contributed by atoms with Crippen LogP contribution in [0.3, 0.4) is 0 Å². The van der Waals surface area contributed by atoms with Gasteiger partial charge in [-0.1, -0.05) is 30.7 Å². The van der Waals surface area contributed by atoms with Crippen molar-refractivity contribution in [2.75, 3.05) is 19.6 Å². The van der Waals surface area contributed by atoms with Crippen LogP contribution in [0.5, 0.6) is 0 Å². The fraction of sp³-hybridized carbons (Fsp3) is 0.421. The van der Waals surface area contributed by atoms with E-state index in [2.05, 4.69) is 27.7 Å². The van der Waals surface area contributed by atoms with Gasteiger partial charge >= 0.3 is 0 Å². The number of nitrogens with one attached hydrogen (secondary N) is 1. The second kappa shape index (κ2) is 9.21. The molecule has 0 radical (unpaired) electrons. The molecule has 0 spiro atoms. The van der Waals surface area contributed by atoms with Gasteiger partial charge in [0, 0.05) is 17.0 Å². The molecule has 130 valence electrons. The van der Waals surface area contributed by atoms with E-state index >= 15 is 0 Å². The summed E-state index contributed by atoms with van der Waals surface area (Å²) < 4.78 is 0. The molecule has 1 fully saturated rings. The van der Waals surface area contributed by atoms with E-state index in [1.807, 2.05) is 31.2 Å². The molecule has 1 aliphatic heterocycles. The van der Waals surface area contributed by atoms with Crippen molar-refractivity contribution in [3.05, 3.63) is 57.8 Å². The van der Waals surface area contributed by atoms with Crippen LogP contribution in [-0.4, -0.2) is 30.4 Å². The third-order valence-corrected chi connectivity index (χ3v) is 5.52. The quantitative estimate of drug-likeness (QED) is 0.850. The van der Waals surface area contributed by atoms with Crippen LogP contribution in [0.2, 0.25) is 0 Å². The van der Waals surface area contributed by atoms with E-state index in [0.29, 0.717) is 12.6 Å². The number of carbonyl (C=O) groups is 1. The standard InChI is InChI=1S/C19H24N2OS.ClH/c1-15-8-3-4-9-16(15)19(22)20-14-17(18-10-7-13-23-18)21-11-5-2-6-12-21;/h3-4,7-10,13,17H,2,5-6,11-12,14H2,1H3,(H,20,22);1H. The maximum atomic E-state index is 12.5. The Hall–Kier alpha value is -1.36. The van der Waals surface area contributed by atoms with E-state index in [4.69, 9.17) is 0 Å². The molecule has 24 heavy (non-hydrogen) atoms. The van der Waals surface area contributed by atoms with Gasteiger partial charge < -0.3 is 5.32 Å². The molecule has 3 rings (SSSR count). The molecule has 2 aromatic rings. The number of rotatable bonds is 5. The highest BCUT2D eigenvalue weighted by atomic mass is 35.5. The van der Waals surface area contributed by atoms with Gasteiger partial charge in [-0.25, -0.2) is 0 Å². The van der Waals surface area contributed by atoms with E-state index in [1.165, 1.54) is 24.1 Å². The number of carbonyl (C=O) groups excluding carboxylic acids is 1. The van der Waals surface area contributed by atoms with Crippen molar-refractivity contribution >= 4 is 29.7 Å². The molecule has 1 aromatic carbocycles. The molecule has 0 aliphatic carbocycles. The predicted octanol–water partition coefficient (Wildman–Crippen LogP) is 4.44. The molecule has 0 saturated carbocycles. The van der Waals surface area contributed by atoms with Crippen molar-refractivity contribution in [1.29, 1.82) is 0 Å². The largest absolute Gasteiger partial charge is 0.350 e. The summed E-state index contributed by atoms with van der Waals surface area (Å²) in [5, 5.41) is 5.27. The zero-order valence-electron chi connectivity index (χ0n) is 14.0. The van der Waals surface area contributed by atoms with Gasteiger partial charge in [-0.05, 0) is 55.9 Å². The average Bonchev–Trinajstić information content (AvgIpc) is 3.10. The Bertz CT molecular complexity index is 639. The van der Waals surface area contributed by atoms with Gasteiger partial charge in [-0.2, -0.15) is 0 Å². The minimum Gasteiger partial charge on any atom is -0.350 e. The Balaban J connectivity index is 0.00000208. The average molecular weight is 365 g/mol. The molecule has 5 heteroatoms. The van der Waals surface area contributed by atoms with Gasteiger partial charge in [0.1, 0.15) is 0 Å². The van der Waals surface area contributed by atoms with Crippen molar-refractivity contribution in [2.45, 2.75) is 32.2 Å². The zero-order chi connectivity index (χ0) is 16.1. The molecule has 1 unspecified atom stereocenters. The van der Waals surface area contributed by atoms with E-state index in [0.717, 1.165) is 24.2 Å². The summed E-state index contributed by atoms with van der Waals surface area (Å²) in [6.45, 7) is 4.91. The van der Waals surface area contributed by atoms with Crippen LogP contribution in [0.25, 0.3) is 0 Å². The lowest BCUT2D eigenvalue weighted by atomic mass is 10.1. The molecule has 3 nitrogen and oxygen atoms in total. The number of nitrogens with zero attached hydrogens (tertiary/aromatic N) is 1. The van der Waals surface area contributed by atoms with Gasteiger partial charge in [0.15, 0.2) is 0 Å². The van der Waals surface area contributed by atoms with Crippen LogP contribution in [0, 0.1) is 6.92 Å². The first-order chi connectivity index (χ1) is 11.3. The van der Waals surface area contributed by atoms with Crippen molar-refractivity contribution in [2.24, 2.45) is 0 Å². The lowest BCUT2D eigenvalue weighted by Gasteiger charge is -2.34. The zero-order valence-corrected chi connectivity index (χ0v) is 15.7. The van der Waals surface area contributed by atoms with Gasteiger partial charge in [0.05, 0.1) is 6.04 Å². The van der Waals surface area contributed by atoms with E-state index < -0.39 is 0 Å². The number of amides is 1. The third kappa shape index (κ3) is 4.59. The fourth-order valence-electron chi connectivity index (χ4n) is 3.23. The summed E-state index contributed by atoms with van der Waals surface area (Å²) in [4.78, 5) is 16.4. The van der Waals surface area contributed by atoms with Gasteiger partial charge in [-0.3, -0.25) is 9.69 Å². The maximum Gasteiger partial charge on any atom is 0.251 e. The summed E-state index contributed by atoms with van der Waals surface area (Å²) in [7, 11) is 0. The second-order valence-electron chi connectivity index (χ2n) is 6.15. The number of benzene rings is 1. The SMILES string of the molecule is Cc1ccccc1C(=O)NCC(c1cccs1)N1CCCCC1.Cl. The van der Waals surface area contributed by atoms with Gasteiger partial charge in [0.25, 0.3) is 5.91 Å². The van der Waals surface area contributed by atoms with Crippen molar-refractivity contribution in [1.82, 2.24) is 10.2 Å². The van der Waals surface area contributed by atoms with Crippen LogP contribution in [0.1, 0.15) is 46.1 Å². The van der Waals surface area contributed by atoms with Crippen LogP contribution in [0.15, 0.2) is 41.8 Å². The normalized spacial score (nSPS) is 16.2. The number of hydrogen-bond acceptors (Lipinski definition) is 3. The highest BCUT2D eigenvalue weighted by molar-refractivity contribution is 7.10. The molecule has 1 N–H and O–H groups in total. The molecule has 1 aliphatic rings. The van der Waals surface area contributed by atoms with Crippen LogP contribution >= 0.6 is 23.7 Å². The Morgan fingerprint density at radius 2 is 1.92 bits per heavy atom. The van der Waals surface area contributed by atoms with E-state index in [1.54, 1.807) is 11.3 Å². The summed E-state index contributed by atoms with van der Waals surface area (Å²) in [5.74, 6) is 0.0293. The van der Waals surface area contributed by atoms with Crippen LogP contribution in [0.4, 0.5) is 0 Å². The predicted molar refractivity (Wildman–Crippen MR) is 103 cm³/mol. The lowest BCUT2D eigenvalue weighted by Crippen LogP contribution is -2.40. The van der Waals surface area contributed by atoms with Crippen LogP contribution in [-0.2, 0) is 0 Å². The van der Waals surface area contributed by atoms with Gasteiger partial charge in [0.2, 0.25) is 0 Å². The van der Waals surface area contributed by atoms with E-state index in [-0.39, 0.29) is 18.3 Å². The lowest BCUT2D eigenvalue weighted by molar-refractivity contribution is 0.0925. The number of aryl methyl sites for hydroxylation is 1. The Labute approximate surface area is 154 Å². The molecule has 1 atom stereocenters. The number of hydrogen-bond donors (Lipinski definition) is 1. The monoisotopic (exact) mass is 364 g/mol. The van der Waals surface area contributed by atoms with Crippen molar-refractivity contribution < 1.29 is 4.79 Å². The van der Waals surface area contributed by atoms with Gasteiger partial charge in [-0.15, -0.1) is 23.7 Å². The number of halogens is 1. The summed E-state index contributed by atoms with van der Waals surface area (Å²) in [5.41, 5.74) is 1.80. The molecule has 1 aromatic heterocycles. The number of likely N-dealkylation sites (tertiary alicyclic amines) is 1. The Kier molecular flexibility index (Phi) is 7.28. The highest BCUT2D eigenvalue weighted by Gasteiger charge is 2.23. The summed E-state index contributed by atoms with van der Waals surface area (Å²) in [6.07, 6.45) is 3.84.